The molecule has 1 fully saturated rings. The van der Waals surface area contributed by atoms with Crippen LogP contribution in [-0.4, -0.2) is 26.5 Å². The molecule has 1 aliphatic carbocycles. The van der Waals surface area contributed by atoms with E-state index >= 15 is 0 Å². The van der Waals surface area contributed by atoms with E-state index in [1.807, 2.05) is 6.92 Å². The van der Waals surface area contributed by atoms with Crippen molar-refractivity contribution in [2.75, 3.05) is 18.4 Å². The topological polar surface area (TPSA) is 71.1 Å². The fourth-order valence-electron chi connectivity index (χ4n) is 2.01. The van der Waals surface area contributed by atoms with Crippen LogP contribution in [0.4, 0.5) is 5.69 Å². The summed E-state index contributed by atoms with van der Waals surface area (Å²) in [5, 5.41) is 3.04. The molecule has 0 bridgehead atoms. The van der Waals surface area contributed by atoms with Gasteiger partial charge in [0.15, 0.2) is 0 Å². The first-order valence-electron chi connectivity index (χ1n) is 6.81. The van der Waals surface area contributed by atoms with E-state index in [4.69, 9.17) is 0 Å². The van der Waals surface area contributed by atoms with Crippen LogP contribution in [-0.2, 0) is 10.0 Å². The number of nitrogens with zero attached hydrogens (tertiary/aromatic N) is 1. The van der Waals surface area contributed by atoms with Crippen molar-refractivity contribution in [3.05, 3.63) is 18.5 Å². The SMILES string of the molecule is CCNc1ccncc1S(=O)(=O)NCCCC1CC1. The molecule has 0 atom stereocenters. The average Bonchev–Trinajstić information content (AvgIpc) is 3.20. The van der Waals surface area contributed by atoms with Crippen molar-refractivity contribution in [1.29, 1.82) is 0 Å². The third-order valence-electron chi connectivity index (χ3n) is 3.22. The summed E-state index contributed by atoms with van der Waals surface area (Å²) in [6.07, 6.45) is 7.61. The first-order chi connectivity index (χ1) is 9.13. The molecule has 106 valence electrons. The van der Waals surface area contributed by atoms with E-state index < -0.39 is 10.0 Å². The molecule has 0 saturated heterocycles. The third kappa shape index (κ3) is 4.18. The Morgan fingerprint density at radius 2 is 2.21 bits per heavy atom. The number of pyridine rings is 1. The highest BCUT2D eigenvalue weighted by atomic mass is 32.2. The largest absolute Gasteiger partial charge is 0.384 e. The average molecular weight is 283 g/mol. The minimum absolute atomic E-state index is 0.225. The summed E-state index contributed by atoms with van der Waals surface area (Å²) >= 11 is 0. The Hall–Kier alpha value is -1.14. The van der Waals surface area contributed by atoms with Gasteiger partial charge < -0.3 is 5.32 Å². The summed E-state index contributed by atoms with van der Waals surface area (Å²) in [5.74, 6) is 0.834. The lowest BCUT2D eigenvalue weighted by Crippen LogP contribution is -2.26. The van der Waals surface area contributed by atoms with Crippen LogP contribution in [0.1, 0.15) is 32.6 Å². The molecule has 2 N–H and O–H groups in total. The standard InChI is InChI=1S/C13H21N3O2S/c1-2-15-12-7-9-14-10-13(12)19(17,18)16-8-3-4-11-5-6-11/h7,9-11,16H,2-6,8H2,1H3,(H,14,15). The van der Waals surface area contributed by atoms with Crippen molar-refractivity contribution in [3.8, 4) is 0 Å². The molecule has 0 aliphatic heterocycles. The lowest BCUT2D eigenvalue weighted by atomic mass is 10.2. The smallest absolute Gasteiger partial charge is 0.244 e. The second kappa shape index (κ2) is 6.34. The highest BCUT2D eigenvalue weighted by molar-refractivity contribution is 7.89. The second-order valence-corrected chi connectivity index (χ2v) is 6.62. The molecule has 0 radical (unpaired) electrons. The molecule has 0 spiro atoms. The van der Waals surface area contributed by atoms with Gasteiger partial charge in [0.1, 0.15) is 4.90 Å². The zero-order valence-corrected chi connectivity index (χ0v) is 12.0. The zero-order valence-electron chi connectivity index (χ0n) is 11.2. The molecule has 6 heteroatoms. The van der Waals surface area contributed by atoms with Crippen LogP contribution in [0.25, 0.3) is 0 Å². The second-order valence-electron chi connectivity index (χ2n) is 4.89. The van der Waals surface area contributed by atoms with Gasteiger partial charge in [-0.3, -0.25) is 4.98 Å². The van der Waals surface area contributed by atoms with E-state index in [1.54, 1.807) is 12.3 Å². The van der Waals surface area contributed by atoms with Gasteiger partial charge in [-0.05, 0) is 31.7 Å². The van der Waals surface area contributed by atoms with Crippen LogP contribution in [0, 0.1) is 5.92 Å². The maximum Gasteiger partial charge on any atom is 0.244 e. The number of aromatic nitrogens is 1. The summed E-state index contributed by atoms with van der Waals surface area (Å²) in [6, 6.07) is 1.68. The Morgan fingerprint density at radius 3 is 2.89 bits per heavy atom. The summed E-state index contributed by atoms with van der Waals surface area (Å²) < 4.78 is 27.0. The van der Waals surface area contributed by atoms with Crippen molar-refractivity contribution in [1.82, 2.24) is 9.71 Å². The minimum Gasteiger partial charge on any atom is -0.384 e. The molecule has 0 aromatic carbocycles. The quantitative estimate of drug-likeness (QED) is 0.716. The molecule has 1 heterocycles. The van der Waals surface area contributed by atoms with E-state index in [1.165, 1.54) is 19.0 Å². The summed E-state index contributed by atoms with van der Waals surface area (Å²) in [7, 11) is -3.47. The van der Waals surface area contributed by atoms with Crippen LogP contribution in [0.5, 0.6) is 0 Å². The Labute approximate surface area is 114 Å². The molecule has 19 heavy (non-hydrogen) atoms. The van der Waals surface area contributed by atoms with E-state index in [0.29, 0.717) is 18.8 Å². The summed E-state index contributed by atoms with van der Waals surface area (Å²) in [5.41, 5.74) is 0.604. The van der Waals surface area contributed by atoms with E-state index in [9.17, 15) is 8.42 Å². The monoisotopic (exact) mass is 283 g/mol. The predicted octanol–water partition coefficient (Wildman–Crippen LogP) is 1.98. The number of rotatable bonds is 8. The first-order valence-corrected chi connectivity index (χ1v) is 8.29. The number of nitrogens with one attached hydrogen (secondary N) is 2. The number of sulfonamides is 1. The normalized spacial score (nSPS) is 15.4. The van der Waals surface area contributed by atoms with Gasteiger partial charge in [-0.2, -0.15) is 0 Å². The third-order valence-corrected chi connectivity index (χ3v) is 4.71. The molecule has 1 saturated carbocycles. The Balaban J connectivity index is 1.96. The Bertz CT molecular complexity index is 512. The molecular formula is C13H21N3O2S. The van der Waals surface area contributed by atoms with Gasteiger partial charge in [-0.1, -0.05) is 12.8 Å². The van der Waals surface area contributed by atoms with Crippen LogP contribution in [0.3, 0.4) is 0 Å². The van der Waals surface area contributed by atoms with Gasteiger partial charge in [-0.15, -0.1) is 0 Å². The fourth-order valence-corrected chi connectivity index (χ4v) is 3.21. The van der Waals surface area contributed by atoms with Crippen LogP contribution >= 0.6 is 0 Å². The molecule has 2 rings (SSSR count). The van der Waals surface area contributed by atoms with Crippen LogP contribution < -0.4 is 10.0 Å². The molecule has 0 amide bonds. The van der Waals surface area contributed by atoms with Gasteiger partial charge >= 0.3 is 0 Å². The van der Waals surface area contributed by atoms with Gasteiger partial charge in [-0.25, -0.2) is 13.1 Å². The number of hydrogen-bond acceptors (Lipinski definition) is 4. The van der Waals surface area contributed by atoms with Crippen molar-refractivity contribution in [2.45, 2.75) is 37.5 Å². The van der Waals surface area contributed by atoms with Crippen molar-refractivity contribution < 1.29 is 8.42 Å². The van der Waals surface area contributed by atoms with Crippen molar-refractivity contribution in [3.63, 3.8) is 0 Å². The van der Waals surface area contributed by atoms with Gasteiger partial charge in [0.25, 0.3) is 0 Å². The summed E-state index contributed by atoms with van der Waals surface area (Å²) in [6.45, 7) is 3.10. The van der Waals surface area contributed by atoms with Crippen LogP contribution in [0.15, 0.2) is 23.4 Å². The van der Waals surface area contributed by atoms with Gasteiger partial charge in [0.05, 0.1) is 5.69 Å². The highest BCUT2D eigenvalue weighted by Gasteiger charge is 2.21. The van der Waals surface area contributed by atoms with E-state index in [0.717, 1.165) is 18.8 Å². The van der Waals surface area contributed by atoms with E-state index in [-0.39, 0.29) is 4.90 Å². The lowest BCUT2D eigenvalue weighted by Gasteiger charge is -2.11. The lowest BCUT2D eigenvalue weighted by molar-refractivity contribution is 0.572. The van der Waals surface area contributed by atoms with E-state index in [2.05, 4.69) is 15.0 Å². The maximum atomic E-state index is 12.2. The van der Waals surface area contributed by atoms with Crippen molar-refractivity contribution in [2.24, 2.45) is 5.92 Å². The fraction of sp³-hybridized carbons (Fsp3) is 0.615. The Morgan fingerprint density at radius 1 is 1.42 bits per heavy atom. The van der Waals surface area contributed by atoms with Crippen LogP contribution in [0.2, 0.25) is 0 Å². The van der Waals surface area contributed by atoms with Crippen molar-refractivity contribution >= 4 is 15.7 Å². The predicted molar refractivity (Wildman–Crippen MR) is 75.5 cm³/mol. The summed E-state index contributed by atoms with van der Waals surface area (Å²) in [4.78, 5) is 4.13. The maximum absolute atomic E-state index is 12.2. The van der Waals surface area contributed by atoms with Gasteiger partial charge in [0, 0.05) is 25.5 Å². The minimum atomic E-state index is -3.47. The molecule has 0 unspecified atom stereocenters. The van der Waals surface area contributed by atoms with Gasteiger partial charge in [0.2, 0.25) is 10.0 Å². The molecule has 5 nitrogen and oxygen atoms in total. The molecular weight excluding hydrogens is 262 g/mol. The Kier molecular flexibility index (Phi) is 4.76. The molecule has 1 aliphatic rings. The molecule has 1 aromatic heterocycles. The zero-order chi connectivity index (χ0) is 13.7. The molecule has 1 aromatic rings. The first kappa shape index (κ1) is 14.3. The number of anilines is 1. The highest BCUT2D eigenvalue weighted by Crippen LogP contribution is 2.33. The number of hydrogen-bond donors (Lipinski definition) is 2.